The third-order valence-electron chi connectivity index (χ3n) is 2.32. The number of benzene rings is 1. The number of hydrogen-bond acceptors (Lipinski definition) is 3. The second kappa shape index (κ2) is 6.40. The van der Waals surface area contributed by atoms with Gasteiger partial charge in [0.1, 0.15) is 0 Å². The monoisotopic (exact) mass is 363 g/mol. The lowest BCUT2D eigenvalue weighted by Crippen LogP contribution is -2.16. The van der Waals surface area contributed by atoms with Crippen molar-refractivity contribution in [3.63, 3.8) is 0 Å². The van der Waals surface area contributed by atoms with Crippen LogP contribution in [-0.2, 0) is 4.74 Å². The van der Waals surface area contributed by atoms with Crippen LogP contribution >= 0.6 is 31.9 Å². The van der Waals surface area contributed by atoms with Crippen LogP contribution in [0.4, 0.5) is 5.69 Å². The largest absolute Gasteiger partial charge is 0.459 e. The van der Waals surface area contributed by atoms with E-state index < -0.39 is 0 Å². The molecule has 5 heteroatoms. The summed E-state index contributed by atoms with van der Waals surface area (Å²) in [4.78, 5) is 11.9. The minimum Gasteiger partial charge on any atom is -0.459 e. The molecular formula is C12H15Br2NO2. The van der Waals surface area contributed by atoms with Gasteiger partial charge >= 0.3 is 5.97 Å². The third kappa shape index (κ3) is 4.00. The fourth-order valence-corrected chi connectivity index (χ4v) is 2.69. The molecule has 0 aliphatic carbocycles. The number of anilines is 1. The third-order valence-corrected chi connectivity index (χ3v) is 3.43. The van der Waals surface area contributed by atoms with Crippen molar-refractivity contribution >= 4 is 43.5 Å². The van der Waals surface area contributed by atoms with E-state index in [-0.39, 0.29) is 12.1 Å². The number of carbonyl (C=O) groups excluding carboxylic acids is 1. The molecule has 0 fully saturated rings. The van der Waals surface area contributed by atoms with Crippen LogP contribution in [0.25, 0.3) is 0 Å². The molecule has 0 aliphatic heterocycles. The Morgan fingerprint density at radius 2 is 2.12 bits per heavy atom. The van der Waals surface area contributed by atoms with Crippen molar-refractivity contribution in [1.82, 2.24) is 0 Å². The standard InChI is InChI=1S/C12H15Br2NO2/c1-3-4-7(2)17-12(16)9-5-8(13)6-10(14)11(9)15/h5-7H,3-4,15H2,1-2H3. The maximum absolute atomic E-state index is 11.9. The van der Waals surface area contributed by atoms with E-state index in [1.54, 1.807) is 12.1 Å². The number of hydrogen-bond donors (Lipinski definition) is 1. The number of nitrogens with two attached hydrogens (primary N) is 1. The molecule has 1 unspecified atom stereocenters. The second-order valence-electron chi connectivity index (χ2n) is 3.85. The average Bonchev–Trinajstić information content (AvgIpc) is 2.23. The lowest BCUT2D eigenvalue weighted by atomic mass is 10.2. The van der Waals surface area contributed by atoms with Crippen LogP contribution < -0.4 is 5.73 Å². The van der Waals surface area contributed by atoms with E-state index in [0.29, 0.717) is 15.7 Å². The van der Waals surface area contributed by atoms with Gasteiger partial charge in [-0.25, -0.2) is 4.79 Å². The van der Waals surface area contributed by atoms with Crippen molar-refractivity contribution in [2.75, 3.05) is 5.73 Å². The van der Waals surface area contributed by atoms with Crippen molar-refractivity contribution < 1.29 is 9.53 Å². The van der Waals surface area contributed by atoms with Gasteiger partial charge in [-0.2, -0.15) is 0 Å². The molecule has 17 heavy (non-hydrogen) atoms. The molecule has 0 spiro atoms. The Bertz CT molecular complexity index is 421. The molecule has 2 N–H and O–H groups in total. The van der Waals surface area contributed by atoms with E-state index in [9.17, 15) is 4.79 Å². The summed E-state index contributed by atoms with van der Waals surface area (Å²) in [5.41, 5.74) is 6.62. The lowest BCUT2D eigenvalue weighted by molar-refractivity contribution is 0.0324. The number of rotatable bonds is 4. The lowest BCUT2D eigenvalue weighted by Gasteiger charge is -2.14. The molecule has 0 heterocycles. The predicted octanol–water partition coefficient (Wildman–Crippen LogP) is 4.14. The van der Waals surface area contributed by atoms with Gasteiger partial charge in [0.25, 0.3) is 0 Å². The van der Waals surface area contributed by atoms with Crippen molar-refractivity contribution in [1.29, 1.82) is 0 Å². The van der Waals surface area contributed by atoms with Crippen LogP contribution in [-0.4, -0.2) is 12.1 Å². The minimum absolute atomic E-state index is 0.0929. The van der Waals surface area contributed by atoms with Crippen molar-refractivity contribution in [2.45, 2.75) is 32.8 Å². The Morgan fingerprint density at radius 1 is 1.47 bits per heavy atom. The topological polar surface area (TPSA) is 52.3 Å². The summed E-state index contributed by atoms with van der Waals surface area (Å²) in [6.45, 7) is 3.93. The Kier molecular flexibility index (Phi) is 5.46. The van der Waals surface area contributed by atoms with Crippen LogP contribution in [0.1, 0.15) is 37.0 Å². The Labute approximate surface area is 118 Å². The van der Waals surface area contributed by atoms with Crippen LogP contribution in [0.5, 0.6) is 0 Å². The van der Waals surface area contributed by atoms with Crippen molar-refractivity contribution in [3.05, 3.63) is 26.6 Å². The van der Waals surface area contributed by atoms with Crippen molar-refractivity contribution in [3.8, 4) is 0 Å². The fraction of sp³-hybridized carbons (Fsp3) is 0.417. The highest BCUT2D eigenvalue weighted by atomic mass is 79.9. The molecule has 1 aromatic rings. The van der Waals surface area contributed by atoms with Crippen LogP contribution in [0.15, 0.2) is 21.1 Å². The summed E-state index contributed by atoms with van der Waals surface area (Å²) in [5, 5.41) is 0. The normalized spacial score (nSPS) is 12.2. The number of halogens is 2. The molecular weight excluding hydrogens is 350 g/mol. The average molecular weight is 365 g/mol. The first-order valence-corrected chi connectivity index (χ1v) is 6.99. The van der Waals surface area contributed by atoms with E-state index in [2.05, 4.69) is 31.9 Å². The quantitative estimate of drug-likeness (QED) is 0.645. The molecule has 0 aromatic heterocycles. The van der Waals surface area contributed by atoms with Gasteiger partial charge < -0.3 is 10.5 Å². The van der Waals surface area contributed by atoms with Gasteiger partial charge in [0.05, 0.1) is 17.4 Å². The number of nitrogen functional groups attached to an aromatic ring is 1. The van der Waals surface area contributed by atoms with Gasteiger partial charge in [0.2, 0.25) is 0 Å². The highest BCUT2D eigenvalue weighted by molar-refractivity contribution is 9.11. The molecule has 1 aromatic carbocycles. The zero-order valence-corrected chi connectivity index (χ0v) is 13.0. The molecule has 3 nitrogen and oxygen atoms in total. The molecule has 1 atom stereocenters. The van der Waals surface area contributed by atoms with E-state index in [0.717, 1.165) is 17.3 Å². The summed E-state index contributed by atoms with van der Waals surface area (Å²) >= 11 is 6.62. The maximum Gasteiger partial charge on any atom is 0.340 e. The molecule has 1 rings (SSSR count). The van der Waals surface area contributed by atoms with E-state index >= 15 is 0 Å². The van der Waals surface area contributed by atoms with E-state index in [1.165, 1.54) is 0 Å². The molecule has 0 amide bonds. The highest BCUT2D eigenvalue weighted by Crippen LogP contribution is 2.29. The molecule has 0 bridgehead atoms. The van der Waals surface area contributed by atoms with Gasteiger partial charge in [-0.3, -0.25) is 0 Å². The Hall–Kier alpha value is -0.550. The Morgan fingerprint density at radius 3 is 2.71 bits per heavy atom. The fourth-order valence-electron chi connectivity index (χ4n) is 1.47. The van der Waals surface area contributed by atoms with Gasteiger partial charge in [-0.05, 0) is 41.4 Å². The smallest absolute Gasteiger partial charge is 0.340 e. The summed E-state index contributed by atoms with van der Waals surface area (Å²) < 4.78 is 6.78. The van der Waals surface area contributed by atoms with Gasteiger partial charge in [0.15, 0.2) is 0 Å². The Balaban J connectivity index is 2.89. The summed E-state index contributed by atoms with van der Waals surface area (Å²) in [7, 11) is 0. The number of carbonyl (C=O) groups is 1. The van der Waals surface area contributed by atoms with E-state index in [4.69, 9.17) is 10.5 Å². The first-order valence-electron chi connectivity index (χ1n) is 5.41. The van der Waals surface area contributed by atoms with Crippen LogP contribution in [0.2, 0.25) is 0 Å². The summed E-state index contributed by atoms with van der Waals surface area (Å²) in [6, 6.07) is 3.46. The van der Waals surface area contributed by atoms with E-state index in [1.807, 2.05) is 13.8 Å². The summed E-state index contributed by atoms with van der Waals surface area (Å²) in [5.74, 6) is -0.384. The van der Waals surface area contributed by atoms with Crippen LogP contribution in [0, 0.1) is 0 Å². The van der Waals surface area contributed by atoms with Crippen molar-refractivity contribution in [2.24, 2.45) is 0 Å². The SMILES string of the molecule is CCCC(C)OC(=O)c1cc(Br)cc(Br)c1N. The number of ether oxygens (including phenoxy) is 1. The number of esters is 1. The second-order valence-corrected chi connectivity index (χ2v) is 5.62. The van der Waals surface area contributed by atoms with Gasteiger partial charge in [-0.15, -0.1) is 0 Å². The molecule has 0 aliphatic rings. The zero-order chi connectivity index (χ0) is 13.0. The molecule has 94 valence electrons. The highest BCUT2D eigenvalue weighted by Gasteiger charge is 2.16. The first-order chi connectivity index (χ1) is 7.95. The predicted molar refractivity (Wildman–Crippen MR) is 76.0 cm³/mol. The summed E-state index contributed by atoms with van der Waals surface area (Å²) in [6.07, 6.45) is 1.73. The van der Waals surface area contributed by atoms with Crippen LogP contribution in [0.3, 0.4) is 0 Å². The first kappa shape index (κ1) is 14.5. The minimum atomic E-state index is -0.384. The van der Waals surface area contributed by atoms with Gasteiger partial charge in [0, 0.05) is 8.95 Å². The molecule has 0 saturated heterocycles. The van der Waals surface area contributed by atoms with Gasteiger partial charge in [-0.1, -0.05) is 29.3 Å². The maximum atomic E-state index is 11.9. The molecule has 0 saturated carbocycles. The molecule has 0 radical (unpaired) electrons. The zero-order valence-electron chi connectivity index (χ0n) is 9.80.